The second kappa shape index (κ2) is 13.9. The van der Waals surface area contributed by atoms with Crippen molar-refractivity contribution in [1.82, 2.24) is 14.5 Å². The summed E-state index contributed by atoms with van der Waals surface area (Å²) in [5.41, 5.74) is -1.74. The molecule has 1 heterocycles. The van der Waals surface area contributed by atoms with Crippen molar-refractivity contribution in [3.8, 4) is 17.0 Å². The van der Waals surface area contributed by atoms with Crippen LogP contribution in [0.4, 0.5) is 0 Å². The molecule has 15 heteroatoms. The van der Waals surface area contributed by atoms with Crippen LogP contribution < -0.4 is 15.9 Å². The topological polar surface area (TPSA) is 148 Å². The predicted octanol–water partition coefficient (Wildman–Crippen LogP) is 3.59. The standard InChI is InChI=1S/C23H28Cl2N3O9P/c1-15(2)34-19(29)17(4)36-38(32,37-18-9-7-6-8-10-18)33-13-16(3)35-20(23(5,25)11-12-24)28-14-26-21(30)27-22(28)31/h6-10,14-17,20H,13H2,1-5H3,(H,27,30,31)/t16-,17-,20?,23?,38-/m0/s1. The van der Waals surface area contributed by atoms with Crippen molar-refractivity contribution >= 4 is 37.0 Å². The number of para-hydroxylation sites is 1. The quantitative estimate of drug-likeness (QED) is 0.158. The van der Waals surface area contributed by atoms with Crippen LogP contribution in [0.1, 0.15) is 40.8 Å². The zero-order chi connectivity index (χ0) is 28.5. The van der Waals surface area contributed by atoms with Gasteiger partial charge in [-0.1, -0.05) is 24.1 Å². The molecule has 0 aliphatic carbocycles. The number of rotatable bonds is 13. The van der Waals surface area contributed by atoms with E-state index in [2.05, 4.69) is 16.3 Å². The van der Waals surface area contributed by atoms with E-state index < -0.39 is 61.2 Å². The summed E-state index contributed by atoms with van der Waals surface area (Å²) in [6.45, 7) is 7.16. The average molecular weight is 592 g/mol. The van der Waals surface area contributed by atoms with Gasteiger partial charge in [0.15, 0.2) is 12.3 Å². The smallest absolute Gasteiger partial charge is 0.461 e. The number of phosphoric ester groups is 1. The summed E-state index contributed by atoms with van der Waals surface area (Å²) in [7, 11) is -4.42. The molecule has 12 nitrogen and oxygen atoms in total. The number of ether oxygens (including phenoxy) is 2. The first-order valence-corrected chi connectivity index (χ1v) is 13.5. The number of hydrogen-bond donors (Lipinski definition) is 1. The molecule has 0 fully saturated rings. The Balaban J connectivity index is 2.27. The van der Waals surface area contributed by atoms with Crippen molar-refractivity contribution in [1.29, 1.82) is 0 Å². The zero-order valence-corrected chi connectivity index (χ0v) is 23.7. The van der Waals surface area contributed by atoms with Crippen molar-refractivity contribution in [2.45, 2.75) is 64.0 Å². The van der Waals surface area contributed by atoms with E-state index in [-0.39, 0.29) is 5.75 Å². The number of nitrogens with one attached hydrogen (secondary N) is 1. The number of nitrogens with zero attached hydrogens (tertiary/aromatic N) is 2. The summed E-state index contributed by atoms with van der Waals surface area (Å²) in [6, 6.07) is 8.04. The van der Waals surface area contributed by atoms with Crippen LogP contribution >= 0.6 is 31.0 Å². The molecule has 0 saturated carbocycles. The molecule has 2 unspecified atom stereocenters. The predicted molar refractivity (Wildman–Crippen MR) is 139 cm³/mol. The van der Waals surface area contributed by atoms with Gasteiger partial charge in [0.25, 0.3) is 0 Å². The lowest BCUT2D eigenvalue weighted by molar-refractivity contribution is -0.156. The van der Waals surface area contributed by atoms with Crippen molar-refractivity contribution in [3.05, 3.63) is 57.6 Å². The van der Waals surface area contributed by atoms with E-state index in [1.807, 2.05) is 4.98 Å². The normalized spacial score (nSPS) is 16.7. The highest BCUT2D eigenvalue weighted by Gasteiger charge is 2.38. The Kier molecular flexibility index (Phi) is 11.6. The number of carbonyl (C=O) groups is 1. The van der Waals surface area contributed by atoms with Crippen LogP contribution in [0.5, 0.6) is 5.75 Å². The number of aromatic amines is 1. The van der Waals surface area contributed by atoms with E-state index in [0.717, 1.165) is 10.9 Å². The van der Waals surface area contributed by atoms with Crippen LogP contribution in [-0.2, 0) is 27.9 Å². The molecule has 2 aromatic rings. The number of alkyl halides is 1. The maximum atomic E-state index is 13.5. The first kappa shape index (κ1) is 31.6. The molecule has 1 aromatic carbocycles. The van der Waals surface area contributed by atoms with E-state index in [1.165, 1.54) is 32.9 Å². The Bertz CT molecular complexity index is 1300. The van der Waals surface area contributed by atoms with Crippen molar-refractivity contribution in [2.75, 3.05) is 6.61 Å². The molecule has 2 rings (SSSR count). The summed E-state index contributed by atoms with van der Waals surface area (Å²) in [6.07, 6.45) is -3.05. The number of carbonyl (C=O) groups excluding carboxylic acids is 1. The van der Waals surface area contributed by atoms with E-state index in [1.54, 1.807) is 32.0 Å². The molecule has 0 aliphatic heterocycles. The molecular formula is C23H28Cl2N3O9P. The second-order valence-electron chi connectivity index (χ2n) is 8.36. The molecule has 1 N–H and O–H groups in total. The van der Waals surface area contributed by atoms with Gasteiger partial charge in [-0.2, -0.15) is 4.98 Å². The summed E-state index contributed by atoms with van der Waals surface area (Å²) < 4.78 is 41.8. The van der Waals surface area contributed by atoms with Gasteiger partial charge in [0, 0.05) is 5.38 Å². The van der Waals surface area contributed by atoms with Gasteiger partial charge in [0.2, 0.25) is 0 Å². The van der Waals surface area contributed by atoms with E-state index in [0.29, 0.717) is 0 Å². The van der Waals surface area contributed by atoms with Crippen LogP contribution in [0.2, 0.25) is 0 Å². The Hall–Kier alpha value is -2.65. The van der Waals surface area contributed by atoms with Crippen LogP contribution in [-0.4, -0.2) is 50.3 Å². The Morgan fingerprint density at radius 3 is 2.45 bits per heavy atom. The highest BCUT2D eigenvalue weighted by molar-refractivity contribution is 7.49. The van der Waals surface area contributed by atoms with Crippen LogP contribution in [0.3, 0.4) is 0 Å². The first-order valence-electron chi connectivity index (χ1n) is 11.3. The Labute approximate surface area is 229 Å². The molecule has 38 heavy (non-hydrogen) atoms. The van der Waals surface area contributed by atoms with Crippen molar-refractivity contribution in [3.63, 3.8) is 0 Å². The fourth-order valence-electron chi connectivity index (χ4n) is 2.84. The number of H-pyrrole nitrogens is 1. The van der Waals surface area contributed by atoms with E-state index in [4.69, 9.17) is 46.2 Å². The summed E-state index contributed by atoms with van der Waals surface area (Å²) >= 11 is 12.0. The molecule has 0 spiro atoms. The second-order valence-corrected chi connectivity index (χ2v) is 10.9. The van der Waals surface area contributed by atoms with Gasteiger partial charge >= 0.3 is 25.2 Å². The third kappa shape index (κ3) is 9.58. The molecule has 0 aliphatic rings. The number of benzene rings is 1. The molecular weight excluding hydrogens is 564 g/mol. The number of hydrogen-bond acceptors (Lipinski definition) is 10. The van der Waals surface area contributed by atoms with E-state index in [9.17, 15) is 18.9 Å². The third-order valence-electron chi connectivity index (χ3n) is 4.52. The SMILES string of the molecule is CC(C)OC(=O)[C@H](C)O[P@](=O)(OC[C@H](C)OC(n1cnc(=O)[nH]c1=O)C(C)(Cl)C#CCl)Oc1ccccc1. The fourth-order valence-corrected chi connectivity index (χ4v) is 4.69. The van der Waals surface area contributed by atoms with Gasteiger partial charge in [0.05, 0.1) is 18.8 Å². The number of halogens is 2. The molecule has 1 aromatic heterocycles. The highest BCUT2D eigenvalue weighted by atomic mass is 35.5. The number of phosphoric acid groups is 1. The molecule has 5 atom stereocenters. The monoisotopic (exact) mass is 591 g/mol. The largest absolute Gasteiger partial charge is 0.530 e. The Morgan fingerprint density at radius 1 is 1.21 bits per heavy atom. The maximum Gasteiger partial charge on any atom is 0.530 e. The highest BCUT2D eigenvalue weighted by Crippen LogP contribution is 2.51. The van der Waals surface area contributed by atoms with E-state index >= 15 is 0 Å². The average Bonchev–Trinajstić information content (AvgIpc) is 2.82. The minimum atomic E-state index is -4.42. The van der Waals surface area contributed by atoms with Crippen LogP contribution in [0.15, 0.2) is 46.2 Å². The van der Waals surface area contributed by atoms with Crippen LogP contribution in [0, 0.1) is 11.3 Å². The van der Waals surface area contributed by atoms with Gasteiger partial charge in [0.1, 0.15) is 17.0 Å². The number of aromatic nitrogens is 3. The van der Waals surface area contributed by atoms with Crippen molar-refractivity contribution < 1.29 is 32.4 Å². The van der Waals surface area contributed by atoms with Crippen molar-refractivity contribution in [2.24, 2.45) is 0 Å². The summed E-state index contributed by atoms with van der Waals surface area (Å²) in [5.74, 6) is 1.89. The summed E-state index contributed by atoms with van der Waals surface area (Å²) in [4.78, 5) is 40.0. The lowest BCUT2D eigenvalue weighted by Crippen LogP contribution is -2.43. The van der Waals surface area contributed by atoms with Gasteiger partial charge in [-0.25, -0.2) is 18.9 Å². The van der Waals surface area contributed by atoms with Gasteiger partial charge < -0.3 is 14.0 Å². The number of esters is 1. The first-order chi connectivity index (χ1) is 17.8. The fraction of sp³-hybridized carbons (Fsp3) is 0.478. The minimum absolute atomic E-state index is 0.156. The molecule has 208 valence electrons. The zero-order valence-electron chi connectivity index (χ0n) is 21.3. The molecule has 0 bridgehead atoms. The lowest BCUT2D eigenvalue weighted by Gasteiger charge is -2.31. The lowest BCUT2D eigenvalue weighted by atomic mass is 10.1. The van der Waals surface area contributed by atoms with Gasteiger partial charge in [-0.15, -0.1) is 11.6 Å². The maximum absolute atomic E-state index is 13.5. The Morgan fingerprint density at radius 2 is 1.87 bits per heavy atom. The molecule has 0 radical (unpaired) electrons. The minimum Gasteiger partial charge on any atom is -0.461 e. The van der Waals surface area contributed by atoms with Crippen LogP contribution in [0.25, 0.3) is 0 Å². The molecule has 0 amide bonds. The van der Waals surface area contributed by atoms with Gasteiger partial charge in [-0.3, -0.25) is 18.6 Å². The molecule has 0 saturated heterocycles. The summed E-state index contributed by atoms with van der Waals surface area (Å²) in [5, 5.41) is 2.13. The third-order valence-corrected chi connectivity index (χ3v) is 6.37. The van der Waals surface area contributed by atoms with Gasteiger partial charge in [-0.05, 0) is 58.4 Å².